The molecule has 0 amide bonds. The third-order valence-corrected chi connectivity index (χ3v) is 3.83. The summed E-state index contributed by atoms with van der Waals surface area (Å²) in [6, 6.07) is 11.6. The van der Waals surface area contributed by atoms with Crippen molar-refractivity contribution in [1.29, 1.82) is 0 Å². The standard InChI is InChI=1S/C16H13N3O2/c1-10-15(17-14-5-3-4-8-19(10)14)11-6-7-13-12(9-11)18(2)16(20)21-13/h3-9H,1-2H3. The third kappa shape index (κ3) is 1.64. The van der Waals surface area contributed by atoms with Crippen molar-refractivity contribution in [3.8, 4) is 11.3 Å². The molecule has 5 heteroatoms. The van der Waals surface area contributed by atoms with Gasteiger partial charge in [-0.2, -0.15) is 0 Å². The van der Waals surface area contributed by atoms with Crippen molar-refractivity contribution in [3.63, 3.8) is 0 Å². The highest BCUT2D eigenvalue weighted by atomic mass is 16.4. The maximum Gasteiger partial charge on any atom is 0.419 e. The molecular weight excluding hydrogens is 266 g/mol. The van der Waals surface area contributed by atoms with Crippen LogP contribution in [-0.4, -0.2) is 14.0 Å². The summed E-state index contributed by atoms with van der Waals surface area (Å²) in [6.07, 6.45) is 1.99. The molecule has 4 aromatic rings. The molecule has 0 saturated heterocycles. The molecule has 0 atom stereocenters. The number of aromatic nitrogens is 3. The third-order valence-electron chi connectivity index (χ3n) is 3.83. The number of nitrogens with zero attached hydrogens (tertiary/aromatic N) is 3. The van der Waals surface area contributed by atoms with Crippen LogP contribution in [0, 0.1) is 6.92 Å². The molecule has 4 rings (SSSR count). The van der Waals surface area contributed by atoms with Gasteiger partial charge in [-0.1, -0.05) is 6.07 Å². The van der Waals surface area contributed by atoms with Gasteiger partial charge in [0.2, 0.25) is 0 Å². The summed E-state index contributed by atoms with van der Waals surface area (Å²) in [6.45, 7) is 2.04. The Hall–Kier alpha value is -2.82. The second-order valence-electron chi connectivity index (χ2n) is 5.08. The van der Waals surface area contributed by atoms with Crippen LogP contribution in [0.15, 0.2) is 51.8 Å². The van der Waals surface area contributed by atoms with Crippen molar-refractivity contribution >= 4 is 16.7 Å². The molecule has 0 spiro atoms. The molecule has 3 heterocycles. The zero-order chi connectivity index (χ0) is 14.6. The normalized spacial score (nSPS) is 11.5. The van der Waals surface area contributed by atoms with Crippen LogP contribution in [0.2, 0.25) is 0 Å². The van der Waals surface area contributed by atoms with Crippen molar-refractivity contribution in [2.75, 3.05) is 0 Å². The van der Waals surface area contributed by atoms with Crippen molar-refractivity contribution in [1.82, 2.24) is 14.0 Å². The van der Waals surface area contributed by atoms with Crippen LogP contribution >= 0.6 is 0 Å². The summed E-state index contributed by atoms with van der Waals surface area (Å²) in [5.74, 6) is -0.353. The quantitative estimate of drug-likeness (QED) is 0.538. The number of rotatable bonds is 1. The average Bonchev–Trinajstić information content (AvgIpc) is 2.98. The lowest BCUT2D eigenvalue weighted by atomic mass is 10.1. The van der Waals surface area contributed by atoms with Gasteiger partial charge in [0.1, 0.15) is 5.65 Å². The zero-order valence-electron chi connectivity index (χ0n) is 11.7. The Labute approximate surface area is 120 Å². The van der Waals surface area contributed by atoms with Gasteiger partial charge in [0.25, 0.3) is 0 Å². The van der Waals surface area contributed by atoms with Crippen LogP contribution in [0.3, 0.4) is 0 Å². The first-order chi connectivity index (χ1) is 10.1. The zero-order valence-corrected chi connectivity index (χ0v) is 11.7. The molecule has 0 unspecified atom stereocenters. The second kappa shape index (κ2) is 4.09. The van der Waals surface area contributed by atoms with E-state index in [1.54, 1.807) is 7.05 Å². The van der Waals surface area contributed by atoms with Crippen LogP contribution in [0.5, 0.6) is 0 Å². The number of aryl methyl sites for hydroxylation is 2. The average molecular weight is 279 g/mol. The predicted octanol–water partition coefficient (Wildman–Crippen LogP) is 2.75. The molecule has 0 aliphatic heterocycles. The molecule has 0 fully saturated rings. The molecule has 0 N–H and O–H groups in total. The lowest BCUT2D eigenvalue weighted by Gasteiger charge is -2.00. The minimum atomic E-state index is -0.353. The van der Waals surface area contributed by atoms with Crippen LogP contribution < -0.4 is 5.76 Å². The van der Waals surface area contributed by atoms with E-state index in [1.807, 2.05) is 53.9 Å². The largest absolute Gasteiger partial charge is 0.419 e. The summed E-state index contributed by atoms with van der Waals surface area (Å²) in [5, 5.41) is 0. The molecule has 0 radical (unpaired) electrons. The number of oxazole rings is 1. The van der Waals surface area contributed by atoms with E-state index in [0.29, 0.717) is 5.58 Å². The van der Waals surface area contributed by atoms with E-state index in [4.69, 9.17) is 4.42 Å². The molecule has 5 nitrogen and oxygen atoms in total. The summed E-state index contributed by atoms with van der Waals surface area (Å²) < 4.78 is 8.71. The van der Waals surface area contributed by atoms with Crippen LogP contribution in [0.1, 0.15) is 5.69 Å². The SMILES string of the molecule is Cc1c(-c2ccc3oc(=O)n(C)c3c2)nc2ccccn12. The highest BCUT2D eigenvalue weighted by Crippen LogP contribution is 2.26. The second-order valence-corrected chi connectivity index (χ2v) is 5.08. The van der Waals surface area contributed by atoms with Gasteiger partial charge in [-0.05, 0) is 37.3 Å². The number of hydrogen-bond acceptors (Lipinski definition) is 3. The molecule has 0 aliphatic rings. The molecule has 0 bridgehead atoms. The fourth-order valence-electron chi connectivity index (χ4n) is 2.67. The van der Waals surface area contributed by atoms with E-state index in [0.717, 1.165) is 28.1 Å². The van der Waals surface area contributed by atoms with Gasteiger partial charge in [-0.3, -0.25) is 4.57 Å². The van der Waals surface area contributed by atoms with Gasteiger partial charge in [-0.15, -0.1) is 0 Å². The summed E-state index contributed by atoms with van der Waals surface area (Å²) in [4.78, 5) is 16.2. The summed E-state index contributed by atoms with van der Waals surface area (Å²) in [5.41, 5.74) is 5.23. The van der Waals surface area contributed by atoms with Gasteiger partial charge in [-0.25, -0.2) is 9.78 Å². The smallest absolute Gasteiger partial charge is 0.408 e. The highest BCUT2D eigenvalue weighted by molar-refractivity contribution is 5.80. The monoisotopic (exact) mass is 279 g/mol. The Kier molecular flexibility index (Phi) is 2.33. The van der Waals surface area contributed by atoms with E-state index < -0.39 is 0 Å². The summed E-state index contributed by atoms with van der Waals surface area (Å²) in [7, 11) is 1.70. The summed E-state index contributed by atoms with van der Waals surface area (Å²) >= 11 is 0. The molecule has 1 aromatic carbocycles. The molecular formula is C16H13N3O2. The number of imidazole rings is 1. The number of hydrogen-bond donors (Lipinski definition) is 0. The molecule has 104 valence electrons. The predicted molar refractivity (Wildman–Crippen MR) is 80.4 cm³/mol. The first-order valence-corrected chi connectivity index (χ1v) is 6.69. The van der Waals surface area contributed by atoms with Gasteiger partial charge < -0.3 is 8.82 Å². The van der Waals surface area contributed by atoms with Crippen LogP contribution in [-0.2, 0) is 7.05 Å². The number of fused-ring (bicyclic) bond motifs is 2. The number of benzene rings is 1. The highest BCUT2D eigenvalue weighted by Gasteiger charge is 2.12. The van der Waals surface area contributed by atoms with Gasteiger partial charge >= 0.3 is 5.76 Å². The minimum Gasteiger partial charge on any atom is -0.408 e. The van der Waals surface area contributed by atoms with Crippen LogP contribution in [0.4, 0.5) is 0 Å². The molecule has 21 heavy (non-hydrogen) atoms. The molecule has 3 aromatic heterocycles. The maximum atomic E-state index is 11.6. The van der Waals surface area contributed by atoms with Gasteiger partial charge in [0.15, 0.2) is 5.58 Å². The van der Waals surface area contributed by atoms with Crippen LogP contribution in [0.25, 0.3) is 28.0 Å². The lowest BCUT2D eigenvalue weighted by Crippen LogP contribution is -2.08. The van der Waals surface area contributed by atoms with E-state index in [2.05, 4.69) is 4.98 Å². The van der Waals surface area contributed by atoms with E-state index in [-0.39, 0.29) is 5.76 Å². The van der Waals surface area contributed by atoms with E-state index >= 15 is 0 Å². The number of pyridine rings is 1. The molecule has 0 aliphatic carbocycles. The van der Waals surface area contributed by atoms with Crippen molar-refractivity contribution in [3.05, 3.63) is 58.8 Å². The Morgan fingerprint density at radius 3 is 2.86 bits per heavy atom. The van der Waals surface area contributed by atoms with E-state index in [9.17, 15) is 4.79 Å². The first kappa shape index (κ1) is 12.0. The fourth-order valence-corrected chi connectivity index (χ4v) is 2.67. The minimum absolute atomic E-state index is 0.353. The Balaban J connectivity index is 2.01. The maximum absolute atomic E-state index is 11.6. The van der Waals surface area contributed by atoms with Gasteiger partial charge in [0, 0.05) is 24.5 Å². The molecule has 0 saturated carbocycles. The first-order valence-electron chi connectivity index (χ1n) is 6.69. The fraction of sp³-hybridized carbons (Fsp3) is 0.125. The van der Waals surface area contributed by atoms with Crippen molar-refractivity contribution in [2.45, 2.75) is 6.92 Å². The van der Waals surface area contributed by atoms with E-state index in [1.165, 1.54) is 4.57 Å². The topological polar surface area (TPSA) is 52.4 Å². The lowest BCUT2D eigenvalue weighted by molar-refractivity contribution is 0.528. The van der Waals surface area contributed by atoms with Crippen molar-refractivity contribution in [2.24, 2.45) is 7.05 Å². The Morgan fingerprint density at radius 1 is 1.19 bits per heavy atom. The Bertz CT molecular complexity index is 1040. The Morgan fingerprint density at radius 2 is 2.05 bits per heavy atom. The van der Waals surface area contributed by atoms with Gasteiger partial charge in [0.05, 0.1) is 11.2 Å². The van der Waals surface area contributed by atoms with Crippen molar-refractivity contribution < 1.29 is 4.42 Å².